The molecule has 3 heterocycles. The molecular formula is C17H16F3N3O2. The number of halogens is 3. The number of fused-ring (bicyclic) bond motifs is 3. The maximum Gasteiger partial charge on any atom is 0.471 e. The van der Waals surface area contributed by atoms with E-state index in [4.69, 9.17) is 0 Å². The number of rotatable bonds is 3. The summed E-state index contributed by atoms with van der Waals surface area (Å²) in [5.41, 5.74) is 1.37. The first kappa shape index (κ1) is 16.1. The molecule has 1 aromatic carbocycles. The number of hydrogen-bond donors (Lipinski definition) is 0. The third-order valence-corrected chi connectivity index (χ3v) is 5.00. The van der Waals surface area contributed by atoms with Crippen LogP contribution in [0.25, 0.3) is 11.4 Å². The topological polar surface area (TPSA) is 59.2 Å². The first-order chi connectivity index (χ1) is 11.9. The average molecular weight is 351 g/mol. The fraction of sp³-hybridized carbons (Fsp3) is 0.471. The van der Waals surface area contributed by atoms with E-state index < -0.39 is 12.1 Å². The number of nitrogens with zero attached hydrogens (tertiary/aromatic N) is 3. The predicted octanol–water partition coefficient (Wildman–Crippen LogP) is 3.66. The molecule has 0 N–H and O–H groups in total. The van der Waals surface area contributed by atoms with Crippen LogP contribution in [0.1, 0.15) is 37.1 Å². The third-order valence-electron chi connectivity index (χ3n) is 5.00. The highest BCUT2D eigenvalue weighted by Crippen LogP contribution is 2.37. The van der Waals surface area contributed by atoms with E-state index >= 15 is 0 Å². The minimum Gasteiger partial charge on any atom is -0.335 e. The lowest BCUT2D eigenvalue weighted by atomic mass is 9.79. The van der Waals surface area contributed by atoms with Crippen LogP contribution < -0.4 is 0 Å². The van der Waals surface area contributed by atoms with Gasteiger partial charge in [0.25, 0.3) is 0 Å². The Balaban J connectivity index is 1.49. The molecular weight excluding hydrogens is 335 g/mol. The first-order valence-corrected chi connectivity index (χ1v) is 8.22. The van der Waals surface area contributed by atoms with Crippen molar-refractivity contribution in [1.29, 1.82) is 0 Å². The summed E-state index contributed by atoms with van der Waals surface area (Å²) in [7, 11) is 0. The second-order valence-electron chi connectivity index (χ2n) is 6.59. The first-order valence-electron chi connectivity index (χ1n) is 8.22. The lowest BCUT2D eigenvalue weighted by molar-refractivity contribution is -0.159. The van der Waals surface area contributed by atoms with Gasteiger partial charge in [0.1, 0.15) is 0 Å². The van der Waals surface area contributed by atoms with Crippen LogP contribution in [0.4, 0.5) is 13.2 Å². The summed E-state index contributed by atoms with van der Waals surface area (Å²) < 4.78 is 41.8. The molecule has 2 saturated heterocycles. The Bertz CT molecular complexity index is 777. The van der Waals surface area contributed by atoms with Gasteiger partial charge in [-0.05, 0) is 31.2 Å². The van der Waals surface area contributed by atoms with Crippen molar-refractivity contribution >= 4 is 5.91 Å². The number of piperidine rings is 2. The van der Waals surface area contributed by atoms with Crippen LogP contribution in [0.5, 0.6) is 0 Å². The Labute approximate surface area is 141 Å². The van der Waals surface area contributed by atoms with Gasteiger partial charge in [-0.15, -0.1) is 0 Å². The zero-order valence-electron chi connectivity index (χ0n) is 13.3. The van der Waals surface area contributed by atoms with Crippen molar-refractivity contribution in [3.63, 3.8) is 0 Å². The quantitative estimate of drug-likeness (QED) is 0.847. The van der Waals surface area contributed by atoms with Gasteiger partial charge in [-0.3, -0.25) is 4.79 Å². The van der Waals surface area contributed by atoms with Gasteiger partial charge in [0.2, 0.25) is 11.7 Å². The second kappa shape index (κ2) is 5.86. The van der Waals surface area contributed by atoms with E-state index in [1.807, 2.05) is 4.90 Å². The van der Waals surface area contributed by atoms with Gasteiger partial charge >= 0.3 is 12.1 Å². The number of amides is 1. The summed E-state index contributed by atoms with van der Waals surface area (Å²) >= 11 is 0. The molecule has 8 heteroatoms. The largest absolute Gasteiger partial charge is 0.471 e. The molecule has 2 bridgehead atoms. The molecule has 3 fully saturated rings. The fourth-order valence-electron chi connectivity index (χ4n) is 3.67. The molecule has 132 valence electrons. The van der Waals surface area contributed by atoms with Crippen molar-refractivity contribution in [2.75, 3.05) is 0 Å². The molecule has 2 aromatic rings. The highest BCUT2D eigenvalue weighted by atomic mass is 19.4. The van der Waals surface area contributed by atoms with Gasteiger partial charge in [0.05, 0.1) is 0 Å². The molecule has 2 aliphatic heterocycles. The number of benzene rings is 1. The van der Waals surface area contributed by atoms with Crippen LogP contribution in [-0.2, 0) is 17.5 Å². The van der Waals surface area contributed by atoms with Gasteiger partial charge in [0.15, 0.2) is 0 Å². The summed E-state index contributed by atoms with van der Waals surface area (Å²) in [6, 6.07) is 7.17. The molecule has 1 aromatic heterocycles. The molecule has 1 amide bonds. The Morgan fingerprint density at radius 1 is 1.12 bits per heavy atom. The standard InChI is InChI=1S/C17H16F3N3O2/c18-17(19,20)16-21-14(22-25-16)11-3-1-10(2-4-11)9-23-13-7-5-12(6-8-13)15(23)24/h1-4,12-13H,5-9H2. The predicted molar refractivity (Wildman–Crippen MR) is 81.0 cm³/mol. The molecule has 0 unspecified atom stereocenters. The Morgan fingerprint density at radius 2 is 1.80 bits per heavy atom. The SMILES string of the molecule is O=C1C2CCC(CC2)N1Cc1ccc(-c2noc(C(F)(F)F)n2)cc1. The molecule has 0 radical (unpaired) electrons. The van der Waals surface area contributed by atoms with E-state index in [-0.39, 0.29) is 17.6 Å². The summed E-state index contributed by atoms with van der Waals surface area (Å²) in [6.07, 6.45) is -0.578. The number of alkyl halides is 3. The average Bonchev–Trinajstić information content (AvgIpc) is 3.09. The lowest BCUT2D eigenvalue weighted by Gasteiger charge is -2.44. The normalized spacial score (nSPS) is 23.3. The zero-order valence-corrected chi connectivity index (χ0v) is 13.3. The minimum absolute atomic E-state index is 0.105. The van der Waals surface area contributed by atoms with E-state index in [0.717, 1.165) is 31.2 Å². The van der Waals surface area contributed by atoms with Gasteiger partial charge in [-0.1, -0.05) is 29.4 Å². The number of carbonyl (C=O) groups is 1. The molecule has 25 heavy (non-hydrogen) atoms. The smallest absolute Gasteiger partial charge is 0.335 e. The number of carbonyl (C=O) groups excluding carboxylic acids is 1. The Hall–Kier alpha value is -2.38. The maximum absolute atomic E-state index is 12.5. The molecule has 1 aliphatic carbocycles. The van der Waals surface area contributed by atoms with E-state index in [1.165, 1.54) is 0 Å². The molecule has 0 spiro atoms. The van der Waals surface area contributed by atoms with Crippen LogP contribution in [0.2, 0.25) is 0 Å². The second-order valence-corrected chi connectivity index (χ2v) is 6.59. The van der Waals surface area contributed by atoms with Gasteiger partial charge in [-0.25, -0.2) is 0 Å². The number of hydrogen-bond acceptors (Lipinski definition) is 4. The summed E-state index contributed by atoms with van der Waals surface area (Å²) in [5.74, 6) is -1.09. The van der Waals surface area contributed by atoms with E-state index in [9.17, 15) is 18.0 Å². The van der Waals surface area contributed by atoms with Crippen molar-refractivity contribution in [2.45, 2.75) is 44.4 Å². The van der Waals surface area contributed by atoms with E-state index in [2.05, 4.69) is 14.7 Å². The minimum atomic E-state index is -4.65. The van der Waals surface area contributed by atoms with Crippen LogP contribution in [0, 0.1) is 5.92 Å². The van der Waals surface area contributed by atoms with Crippen molar-refractivity contribution in [3.05, 3.63) is 35.7 Å². The van der Waals surface area contributed by atoms with Crippen molar-refractivity contribution in [1.82, 2.24) is 15.0 Å². The van der Waals surface area contributed by atoms with Crippen LogP contribution in [-0.4, -0.2) is 27.0 Å². The maximum atomic E-state index is 12.5. The highest BCUT2D eigenvalue weighted by Gasteiger charge is 2.40. The van der Waals surface area contributed by atoms with E-state index in [0.29, 0.717) is 18.2 Å². The molecule has 0 atom stereocenters. The summed E-state index contributed by atoms with van der Waals surface area (Å²) in [4.78, 5) is 17.7. The van der Waals surface area contributed by atoms with Crippen molar-refractivity contribution in [3.8, 4) is 11.4 Å². The van der Waals surface area contributed by atoms with Crippen LogP contribution in [0.15, 0.2) is 28.8 Å². The summed E-state index contributed by atoms with van der Waals surface area (Å²) in [5, 5.41) is 3.37. The van der Waals surface area contributed by atoms with Crippen LogP contribution >= 0.6 is 0 Å². The lowest BCUT2D eigenvalue weighted by Crippen LogP contribution is -2.51. The Kier molecular flexibility index (Phi) is 3.77. The van der Waals surface area contributed by atoms with Gasteiger partial charge < -0.3 is 9.42 Å². The molecule has 5 rings (SSSR count). The monoisotopic (exact) mass is 351 g/mol. The Morgan fingerprint density at radius 3 is 2.36 bits per heavy atom. The van der Waals surface area contributed by atoms with Crippen molar-refractivity contribution < 1.29 is 22.5 Å². The molecule has 3 aliphatic rings. The van der Waals surface area contributed by atoms with Crippen LogP contribution in [0.3, 0.4) is 0 Å². The fourth-order valence-corrected chi connectivity index (χ4v) is 3.67. The highest BCUT2D eigenvalue weighted by molar-refractivity contribution is 5.80. The van der Waals surface area contributed by atoms with E-state index in [1.54, 1.807) is 24.3 Å². The molecule has 1 saturated carbocycles. The zero-order chi connectivity index (χ0) is 17.6. The summed E-state index contributed by atoms with van der Waals surface area (Å²) in [6.45, 7) is 0.528. The molecule has 5 nitrogen and oxygen atoms in total. The number of aromatic nitrogens is 2. The third kappa shape index (κ3) is 3.01. The van der Waals surface area contributed by atoms with Crippen molar-refractivity contribution in [2.24, 2.45) is 5.92 Å². The van der Waals surface area contributed by atoms with Gasteiger partial charge in [0, 0.05) is 24.1 Å². The van der Waals surface area contributed by atoms with Gasteiger partial charge in [-0.2, -0.15) is 18.2 Å².